The lowest BCUT2D eigenvalue weighted by molar-refractivity contribution is -0.252. The van der Waals surface area contributed by atoms with Gasteiger partial charge in [0.15, 0.2) is 6.17 Å². The Kier molecular flexibility index (Phi) is 7.21. The largest absolute Gasteiger partial charge is 0.345 e. The van der Waals surface area contributed by atoms with Crippen LogP contribution in [0.4, 0.5) is 22.0 Å². The maximum atomic E-state index is 13.2. The van der Waals surface area contributed by atoms with Crippen LogP contribution < -0.4 is 0 Å². The first-order chi connectivity index (χ1) is 10.4. The van der Waals surface area contributed by atoms with Crippen molar-refractivity contribution in [1.29, 1.82) is 0 Å². The van der Waals surface area contributed by atoms with Crippen molar-refractivity contribution in [2.75, 3.05) is 0 Å². The van der Waals surface area contributed by atoms with Crippen molar-refractivity contribution in [3.05, 3.63) is 35.4 Å². The Morgan fingerprint density at radius 2 is 1.70 bits per heavy atom. The highest BCUT2D eigenvalue weighted by Crippen LogP contribution is 2.51. The molecule has 1 aliphatic rings. The lowest BCUT2D eigenvalue weighted by Crippen LogP contribution is -2.50. The lowest BCUT2D eigenvalue weighted by Gasteiger charge is -2.35. The fourth-order valence-corrected chi connectivity index (χ4v) is 4.04. The summed E-state index contributed by atoms with van der Waals surface area (Å²) in [5.74, 6) is -9.05. The van der Waals surface area contributed by atoms with E-state index in [4.69, 9.17) is 33.2 Å². The zero-order chi connectivity index (χ0) is 17.9. The van der Waals surface area contributed by atoms with Crippen molar-refractivity contribution in [3.8, 4) is 0 Å². The number of benzene rings is 1. The molecule has 0 aliphatic heterocycles. The first-order valence-electron chi connectivity index (χ1n) is 6.98. The van der Waals surface area contributed by atoms with Gasteiger partial charge in [0, 0.05) is 12.0 Å². The highest BCUT2D eigenvalue weighted by atomic mass is 35.8. The maximum Gasteiger partial charge on any atom is 0.345 e. The molecular weight excluding hydrogens is 398 g/mol. The van der Waals surface area contributed by atoms with E-state index in [9.17, 15) is 22.0 Å². The van der Waals surface area contributed by atoms with E-state index in [0.29, 0.717) is 0 Å². The minimum absolute atomic E-state index is 0.0547. The van der Waals surface area contributed by atoms with E-state index in [1.54, 1.807) is 0 Å². The van der Waals surface area contributed by atoms with Crippen LogP contribution in [0.2, 0.25) is 6.04 Å². The molecule has 1 aromatic carbocycles. The van der Waals surface area contributed by atoms with E-state index in [0.717, 1.165) is 25.0 Å². The van der Waals surface area contributed by atoms with E-state index in [-0.39, 0.29) is 5.56 Å². The first-order valence-corrected chi connectivity index (χ1v) is 12.2. The third-order valence-electron chi connectivity index (χ3n) is 3.38. The van der Waals surface area contributed by atoms with Crippen molar-refractivity contribution in [1.82, 2.24) is 0 Å². The van der Waals surface area contributed by atoms with Crippen LogP contribution in [0.5, 0.6) is 0 Å². The molecule has 0 fully saturated rings. The molecule has 0 radical (unpaired) electrons. The minimum atomic E-state index is -4.62. The summed E-state index contributed by atoms with van der Waals surface area (Å²) < 4.78 is 65.2. The van der Waals surface area contributed by atoms with E-state index < -0.39 is 36.0 Å². The molecule has 0 spiro atoms. The van der Waals surface area contributed by atoms with Crippen LogP contribution in [-0.2, 0) is 12.3 Å². The van der Waals surface area contributed by atoms with Gasteiger partial charge in [0.05, 0.1) is 0 Å². The second-order valence-corrected chi connectivity index (χ2v) is 14.5. The Hall–Kier alpha value is -0.0431. The molecule has 132 valence electrons. The number of rotatable bonds is 3. The molecule has 1 aromatic rings. The Labute approximate surface area is 147 Å². The third kappa shape index (κ3) is 5.21. The average Bonchev–Trinajstić information content (AvgIpc) is 2.44. The van der Waals surface area contributed by atoms with E-state index in [2.05, 4.69) is 6.92 Å². The molecule has 1 aliphatic carbocycles. The van der Waals surface area contributed by atoms with Crippen LogP contribution in [0.3, 0.4) is 0 Å². The molecule has 0 N–H and O–H groups in total. The molecular formula is C14H16Cl3F5Si. The number of hydrogen-bond donors (Lipinski definition) is 0. The fraction of sp³-hybridized carbons (Fsp3) is 0.571. The Morgan fingerprint density at radius 3 is 2.17 bits per heavy atom. The van der Waals surface area contributed by atoms with Gasteiger partial charge in [-0.05, 0) is 11.6 Å². The number of halogens is 8. The summed E-state index contributed by atoms with van der Waals surface area (Å²) in [6.45, 7) is 2.09. The molecule has 0 saturated heterocycles. The number of fused-ring (bicyclic) bond motifs is 1. The van der Waals surface area contributed by atoms with Crippen LogP contribution in [0.1, 0.15) is 30.9 Å². The van der Waals surface area contributed by atoms with Crippen molar-refractivity contribution >= 4 is 39.2 Å². The standard InChI is InChI=1S/C10H7F5.C4H9Cl3Si/c11-8-5-6-3-1-2-4-7(6)9(12,13)10(8,14)15;1-2-3-4-8(5,6)7/h1-4,8H,5H2;2-4H2,1H3. The van der Waals surface area contributed by atoms with Gasteiger partial charge in [-0.1, -0.05) is 44.0 Å². The number of hydrogen-bond acceptors (Lipinski definition) is 0. The average molecular weight is 414 g/mol. The van der Waals surface area contributed by atoms with Gasteiger partial charge in [-0.15, -0.1) is 33.2 Å². The molecule has 1 atom stereocenters. The first kappa shape index (κ1) is 21.0. The molecule has 0 amide bonds. The predicted octanol–water partition coefficient (Wildman–Crippen LogP) is 6.75. The lowest BCUT2D eigenvalue weighted by atomic mass is 9.84. The molecule has 0 bridgehead atoms. The highest BCUT2D eigenvalue weighted by molar-refractivity contribution is 7.64. The summed E-state index contributed by atoms with van der Waals surface area (Å²) in [5, 5.41) is 0. The van der Waals surface area contributed by atoms with E-state index >= 15 is 0 Å². The molecule has 0 nitrogen and oxygen atoms in total. The molecule has 0 saturated carbocycles. The quantitative estimate of drug-likeness (QED) is 0.292. The van der Waals surface area contributed by atoms with E-state index in [1.807, 2.05) is 0 Å². The fourth-order valence-electron chi connectivity index (χ4n) is 2.08. The SMILES string of the molecule is CCCC[Si](Cl)(Cl)Cl.FC1Cc2ccccc2C(F)(F)C1(F)F. The van der Waals surface area contributed by atoms with Crippen LogP contribution in [0.15, 0.2) is 24.3 Å². The molecule has 0 aromatic heterocycles. The predicted molar refractivity (Wildman–Crippen MR) is 86.9 cm³/mol. The smallest absolute Gasteiger partial charge is 0.240 e. The molecule has 0 heterocycles. The zero-order valence-corrected chi connectivity index (χ0v) is 15.5. The monoisotopic (exact) mass is 412 g/mol. The summed E-state index contributed by atoms with van der Waals surface area (Å²) in [4.78, 5) is 0. The van der Waals surface area contributed by atoms with Gasteiger partial charge in [0.25, 0.3) is 0 Å². The second kappa shape index (κ2) is 7.89. The van der Waals surface area contributed by atoms with Crippen LogP contribution in [-0.4, -0.2) is 18.1 Å². The van der Waals surface area contributed by atoms with Gasteiger partial charge in [-0.3, -0.25) is 0 Å². The minimum Gasteiger partial charge on any atom is -0.240 e. The van der Waals surface area contributed by atoms with Crippen LogP contribution in [0, 0.1) is 0 Å². The Bertz CT molecular complexity index is 519. The normalized spacial score (nSPS) is 21.9. The van der Waals surface area contributed by atoms with Crippen LogP contribution in [0.25, 0.3) is 0 Å². The van der Waals surface area contributed by atoms with Gasteiger partial charge in [0.1, 0.15) is 0 Å². The zero-order valence-electron chi connectivity index (χ0n) is 12.2. The molecule has 2 rings (SSSR count). The molecule has 9 heteroatoms. The number of alkyl halides is 5. The Balaban J connectivity index is 0.000000284. The second-order valence-electron chi connectivity index (χ2n) is 5.24. The van der Waals surface area contributed by atoms with Gasteiger partial charge in [-0.25, -0.2) is 4.39 Å². The van der Waals surface area contributed by atoms with Gasteiger partial charge in [0.2, 0.25) is 0 Å². The summed E-state index contributed by atoms with van der Waals surface area (Å²) >= 11 is 16.7. The maximum absolute atomic E-state index is 13.2. The van der Waals surface area contributed by atoms with Crippen molar-refractivity contribution in [2.45, 2.75) is 50.2 Å². The topological polar surface area (TPSA) is 0 Å². The summed E-state index contributed by atoms with van der Waals surface area (Å²) in [7, 11) is 0. The van der Waals surface area contributed by atoms with Gasteiger partial charge in [-0.2, -0.15) is 17.6 Å². The summed E-state index contributed by atoms with van der Waals surface area (Å²) in [5.41, 5.74) is -0.829. The number of unbranched alkanes of at least 4 members (excludes halogenated alkanes) is 1. The van der Waals surface area contributed by atoms with Gasteiger partial charge < -0.3 is 0 Å². The van der Waals surface area contributed by atoms with Crippen molar-refractivity contribution in [2.24, 2.45) is 0 Å². The van der Waals surface area contributed by atoms with Gasteiger partial charge >= 0.3 is 17.8 Å². The molecule has 1 unspecified atom stereocenters. The van der Waals surface area contributed by atoms with Crippen molar-refractivity contribution in [3.63, 3.8) is 0 Å². The summed E-state index contributed by atoms with van der Waals surface area (Å²) in [6.07, 6.45) is -1.34. The Morgan fingerprint density at radius 1 is 1.13 bits per heavy atom. The highest BCUT2D eigenvalue weighted by Gasteiger charge is 2.65. The third-order valence-corrected chi connectivity index (χ3v) is 6.00. The van der Waals surface area contributed by atoms with E-state index in [1.165, 1.54) is 18.2 Å². The van der Waals surface area contributed by atoms with Crippen molar-refractivity contribution < 1.29 is 22.0 Å². The summed E-state index contributed by atoms with van der Waals surface area (Å²) in [6, 6.07) is 3.35. The molecule has 23 heavy (non-hydrogen) atoms. The van der Waals surface area contributed by atoms with Crippen LogP contribution >= 0.6 is 33.2 Å².